The highest BCUT2D eigenvalue weighted by Gasteiger charge is 2.28. The number of para-hydroxylation sites is 1. The molecule has 5 heteroatoms. The van der Waals surface area contributed by atoms with E-state index in [1.165, 1.54) is 19.2 Å². The van der Waals surface area contributed by atoms with E-state index in [0.29, 0.717) is 11.3 Å². The molecule has 2 aromatic carbocycles. The molecule has 0 saturated carbocycles. The van der Waals surface area contributed by atoms with Gasteiger partial charge in [0.1, 0.15) is 5.82 Å². The molecule has 1 atom stereocenters. The molecule has 2 N–H and O–H groups in total. The molecule has 0 aliphatic carbocycles. The van der Waals surface area contributed by atoms with Crippen molar-refractivity contribution in [1.82, 2.24) is 4.90 Å². The maximum absolute atomic E-state index is 13.0. The zero-order valence-electron chi connectivity index (χ0n) is 17.1. The van der Waals surface area contributed by atoms with Crippen molar-refractivity contribution in [2.24, 2.45) is 5.92 Å². The van der Waals surface area contributed by atoms with E-state index in [9.17, 15) is 14.6 Å². The van der Waals surface area contributed by atoms with Crippen LogP contribution in [-0.2, 0) is 6.42 Å². The number of halogens is 1. The van der Waals surface area contributed by atoms with Crippen LogP contribution in [0.3, 0.4) is 0 Å². The fourth-order valence-electron chi connectivity index (χ4n) is 3.63. The van der Waals surface area contributed by atoms with Gasteiger partial charge in [0.25, 0.3) is 0 Å². The summed E-state index contributed by atoms with van der Waals surface area (Å²) in [5.74, 6) is 0.332. The third kappa shape index (κ3) is 5.69. The van der Waals surface area contributed by atoms with Gasteiger partial charge in [-0.3, -0.25) is 0 Å². The molecule has 1 unspecified atom stereocenters. The van der Waals surface area contributed by atoms with E-state index in [1.807, 2.05) is 26.0 Å². The zero-order chi connectivity index (χ0) is 20.5. The summed E-state index contributed by atoms with van der Waals surface area (Å²) in [5, 5.41) is 20.9. The van der Waals surface area contributed by atoms with Crippen molar-refractivity contribution in [2.45, 2.75) is 39.2 Å². The fraction of sp³-hybridized carbons (Fsp3) is 0.478. The second-order valence-corrected chi connectivity index (χ2v) is 6.90. The number of likely N-dealkylation sites (tertiary alicyclic amines) is 1. The van der Waals surface area contributed by atoms with Gasteiger partial charge < -0.3 is 19.8 Å². The van der Waals surface area contributed by atoms with Crippen LogP contribution in [0.5, 0.6) is 11.5 Å². The Hall–Kier alpha value is -2.11. The van der Waals surface area contributed by atoms with Crippen molar-refractivity contribution < 1.29 is 19.3 Å². The summed E-state index contributed by atoms with van der Waals surface area (Å²) in [6.45, 7) is 6.75. The zero-order valence-corrected chi connectivity index (χ0v) is 17.1. The number of phenols is 1. The second kappa shape index (κ2) is 11.0. The van der Waals surface area contributed by atoms with Gasteiger partial charge in [0, 0.05) is 12.1 Å². The van der Waals surface area contributed by atoms with E-state index in [4.69, 9.17) is 4.74 Å². The number of aliphatic hydroxyl groups is 1. The first kappa shape index (κ1) is 22.2. The third-order valence-corrected chi connectivity index (χ3v) is 5.28. The predicted molar refractivity (Wildman–Crippen MR) is 110 cm³/mol. The van der Waals surface area contributed by atoms with Crippen LogP contribution in [0.1, 0.15) is 43.9 Å². The summed E-state index contributed by atoms with van der Waals surface area (Å²) in [5.41, 5.74) is 1.67. The van der Waals surface area contributed by atoms with E-state index < -0.39 is 6.10 Å². The standard InChI is InChI=1S/C21H26FNO3.C2H6/c1-26-19-4-2-3-18(21(19)25)20(24)16-10-13-23(14-11-16)12-9-15-5-7-17(22)8-6-15;1-2/h2-8,16,20,24-25H,9-14H2,1H3;1-2H3. The van der Waals surface area contributed by atoms with E-state index in [-0.39, 0.29) is 17.5 Å². The lowest BCUT2D eigenvalue weighted by Gasteiger charge is -2.34. The molecule has 0 radical (unpaired) electrons. The Kier molecular flexibility index (Phi) is 8.74. The number of benzene rings is 2. The maximum Gasteiger partial charge on any atom is 0.163 e. The first-order valence-electron chi connectivity index (χ1n) is 10.1. The van der Waals surface area contributed by atoms with Gasteiger partial charge in [0.2, 0.25) is 0 Å². The van der Waals surface area contributed by atoms with Crippen LogP contribution < -0.4 is 4.74 Å². The van der Waals surface area contributed by atoms with Crippen LogP contribution in [0.4, 0.5) is 4.39 Å². The van der Waals surface area contributed by atoms with Gasteiger partial charge in [-0.25, -0.2) is 4.39 Å². The van der Waals surface area contributed by atoms with Crippen molar-refractivity contribution in [3.05, 3.63) is 59.4 Å². The molecule has 1 fully saturated rings. The minimum atomic E-state index is -0.690. The van der Waals surface area contributed by atoms with Crippen molar-refractivity contribution in [1.29, 1.82) is 0 Å². The molecule has 0 spiro atoms. The second-order valence-electron chi connectivity index (χ2n) is 6.90. The van der Waals surface area contributed by atoms with Gasteiger partial charge >= 0.3 is 0 Å². The summed E-state index contributed by atoms with van der Waals surface area (Å²) in [4.78, 5) is 2.37. The van der Waals surface area contributed by atoms with Crippen LogP contribution in [0.15, 0.2) is 42.5 Å². The number of aromatic hydroxyl groups is 1. The van der Waals surface area contributed by atoms with Crippen LogP contribution in [0, 0.1) is 11.7 Å². The average Bonchev–Trinajstić information content (AvgIpc) is 2.75. The highest BCUT2D eigenvalue weighted by molar-refractivity contribution is 5.46. The van der Waals surface area contributed by atoms with Crippen LogP contribution >= 0.6 is 0 Å². The monoisotopic (exact) mass is 389 g/mol. The highest BCUT2D eigenvalue weighted by atomic mass is 19.1. The van der Waals surface area contributed by atoms with E-state index in [2.05, 4.69) is 4.90 Å². The molecular weight excluding hydrogens is 357 g/mol. The number of methoxy groups -OCH3 is 1. The minimum Gasteiger partial charge on any atom is -0.504 e. The lowest BCUT2D eigenvalue weighted by atomic mass is 9.87. The molecule has 28 heavy (non-hydrogen) atoms. The first-order valence-corrected chi connectivity index (χ1v) is 10.1. The Labute approximate surface area is 167 Å². The number of aliphatic hydroxyl groups excluding tert-OH is 1. The Morgan fingerprint density at radius 1 is 1.11 bits per heavy atom. The molecule has 1 aliphatic rings. The lowest BCUT2D eigenvalue weighted by Crippen LogP contribution is -2.36. The van der Waals surface area contributed by atoms with Crippen LogP contribution in [0.25, 0.3) is 0 Å². The summed E-state index contributed by atoms with van der Waals surface area (Å²) in [6.07, 6.45) is 1.96. The number of hydrogen-bond donors (Lipinski definition) is 2. The van der Waals surface area contributed by atoms with Crippen molar-refractivity contribution in [3.8, 4) is 11.5 Å². The molecule has 3 rings (SSSR count). The van der Waals surface area contributed by atoms with Crippen LogP contribution in [0.2, 0.25) is 0 Å². The number of phenolic OH excluding ortho intramolecular Hbond substituents is 1. The van der Waals surface area contributed by atoms with Gasteiger partial charge in [0.05, 0.1) is 13.2 Å². The summed E-state index contributed by atoms with van der Waals surface area (Å²) in [6, 6.07) is 11.9. The van der Waals surface area contributed by atoms with E-state index in [1.54, 1.807) is 18.2 Å². The quantitative estimate of drug-likeness (QED) is 0.761. The number of piperidine rings is 1. The van der Waals surface area contributed by atoms with Gasteiger partial charge in [-0.2, -0.15) is 0 Å². The molecule has 154 valence electrons. The Morgan fingerprint density at radius 2 is 1.75 bits per heavy atom. The predicted octanol–water partition coefficient (Wildman–Crippen LogP) is 4.55. The van der Waals surface area contributed by atoms with Gasteiger partial charge in [-0.1, -0.05) is 38.1 Å². The molecule has 2 aromatic rings. The third-order valence-electron chi connectivity index (χ3n) is 5.28. The molecule has 0 aromatic heterocycles. The van der Waals surface area contributed by atoms with Crippen molar-refractivity contribution >= 4 is 0 Å². The number of rotatable bonds is 6. The highest BCUT2D eigenvalue weighted by Crippen LogP contribution is 2.39. The Balaban J connectivity index is 0.00000136. The smallest absolute Gasteiger partial charge is 0.163 e. The van der Waals surface area contributed by atoms with E-state index >= 15 is 0 Å². The largest absolute Gasteiger partial charge is 0.504 e. The molecule has 0 bridgehead atoms. The summed E-state index contributed by atoms with van der Waals surface area (Å²) < 4.78 is 18.1. The molecule has 1 saturated heterocycles. The van der Waals surface area contributed by atoms with Crippen molar-refractivity contribution in [3.63, 3.8) is 0 Å². The van der Waals surface area contributed by atoms with Gasteiger partial charge in [-0.15, -0.1) is 0 Å². The van der Waals surface area contributed by atoms with Crippen molar-refractivity contribution in [2.75, 3.05) is 26.7 Å². The molecule has 0 amide bonds. The molecule has 4 nitrogen and oxygen atoms in total. The fourth-order valence-corrected chi connectivity index (χ4v) is 3.63. The Bertz CT molecular complexity index is 712. The summed E-state index contributed by atoms with van der Waals surface area (Å²) in [7, 11) is 1.50. The first-order chi connectivity index (χ1) is 13.6. The van der Waals surface area contributed by atoms with Gasteiger partial charge in [-0.05, 0) is 62.0 Å². The SMILES string of the molecule is CC.COc1cccc(C(O)C2CCN(CCc3ccc(F)cc3)CC2)c1O. The lowest BCUT2D eigenvalue weighted by molar-refractivity contribution is 0.0573. The van der Waals surface area contributed by atoms with Gasteiger partial charge in [0.15, 0.2) is 11.5 Å². The molecular formula is C23H32FNO3. The number of nitrogens with zero attached hydrogens (tertiary/aromatic N) is 1. The average molecular weight is 390 g/mol. The topological polar surface area (TPSA) is 52.9 Å². The molecule has 1 aliphatic heterocycles. The number of hydrogen-bond acceptors (Lipinski definition) is 4. The normalized spacial score (nSPS) is 16.2. The number of ether oxygens (including phenoxy) is 1. The van der Waals surface area contributed by atoms with E-state index in [0.717, 1.165) is 44.5 Å². The molecule has 1 heterocycles. The summed E-state index contributed by atoms with van der Waals surface area (Å²) >= 11 is 0. The maximum atomic E-state index is 13.0. The Morgan fingerprint density at radius 3 is 2.36 bits per heavy atom. The minimum absolute atomic E-state index is 0.0289. The van der Waals surface area contributed by atoms with Crippen LogP contribution in [-0.4, -0.2) is 41.9 Å².